The van der Waals surface area contributed by atoms with Crippen molar-refractivity contribution in [3.8, 4) is 0 Å². The maximum Gasteiger partial charge on any atom is 0.193 e. The molecule has 3 heteroatoms. The molecule has 3 nitrogen and oxygen atoms in total. The molecule has 0 spiro atoms. The molecular weight excluding hydrogens is 264 g/mol. The Kier molecular flexibility index (Phi) is 3.86. The molecule has 0 bridgehead atoms. The van der Waals surface area contributed by atoms with Crippen LogP contribution in [0.3, 0.4) is 0 Å². The first-order chi connectivity index (χ1) is 10.1. The highest BCUT2D eigenvalue weighted by Gasteiger charge is 2.18. The average Bonchev–Trinajstić information content (AvgIpc) is 3.04. The monoisotopic (exact) mass is 282 g/mol. The van der Waals surface area contributed by atoms with Gasteiger partial charge in [-0.2, -0.15) is 0 Å². The van der Waals surface area contributed by atoms with Gasteiger partial charge in [0.05, 0.1) is 13.2 Å². The Hall–Kier alpha value is -1.97. The zero-order valence-electron chi connectivity index (χ0n) is 12.3. The van der Waals surface area contributed by atoms with Crippen molar-refractivity contribution in [2.24, 2.45) is 0 Å². The minimum atomic E-state index is -0.296. The van der Waals surface area contributed by atoms with Gasteiger partial charge in [0.1, 0.15) is 0 Å². The molecule has 0 aromatic heterocycles. The predicted octanol–water partition coefficient (Wildman–Crippen LogP) is 3.58. The van der Waals surface area contributed by atoms with E-state index in [-0.39, 0.29) is 12.1 Å². The summed E-state index contributed by atoms with van der Waals surface area (Å²) in [4.78, 5) is 12.5. The third-order valence-electron chi connectivity index (χ3n) is 3.84. The smallest absolute Gasteiger partial charge is 0.193 e. The van der Waals surface area contributed by atoms with Crippen molar-refractivity contribution in [1.29, 1.82) is 0 Å². The topological polar surface area (TPSA) is 35.5 Å². The Balaban J connectivity index is 1.82. The van der Waals surface area contributed by atoms with E-state index in [9.17, 15) is 4.79 Å². The van der Waals surface area contributed by atoms with E-state index in [4.69, 9.17) is 9.47 Å². The first-order valence-electron chi connectivity index (χ1n) is 7.10. The Morgan fingerprint density at radius 1 is 0.905 bits per heavy atom. The van der Waals surface area contributed by atoms with Crippen LogP contribution >= 0.6 is 0 Å². The average molecular weight is 282 g/mol. The van der Waals surface area contributed by atoms with Crippen molar-refractivity contribution in [3.05, 3.63) is 70.3 Å². The van der Waals surface area contributed by atoms with Crippen molar-refractivity contribution in [2.75, 3.05) is 13.2 Å². The quantitative estimate of drug-likeness (QED) is 0.807. The van der Waals surface area contributed by atoms with Gasteiger partial charge in [-0.15, -0.1) is 0 Å². The van der Waals surface area contributed by atoms with Crippen LogP contribution in [0.15, 0.2) is 42.5 Å². The van der Waals surface area contributed by atoms with Gasteiger partial charge < -0.3 is 9.47 Å². The highest BCUT2D eigenvalue weighted by molar-refractivity contribution is 6.09. The molecule has 1 heterocycles. The third-order valence-corrected chi connectivity index (χ3v) is 3.84. The zero-order valence-corrected chi connectivity index (χ0v) is 12.3. The van der Waals surface area contributed by atoms with E-state index in [0.717, 1.165) is 16.7 Å². The minimum absolute atomic E-state index is 0.0397. The second kappa shape index (κ2) is 5.80. The summed E-state index contributed by atoms with van der Waals surface area (Å²) in [7, 11) is 0. The highest BCUT2D eigenvalue weighted by atomic mass is 16.7. The summed E-state index contributed by atoms with van der Waals surface area (Å²) >= 11 is 0. The van der Waals surface area contributed by atoms with E-state index in [1.54, 1.807) is 0 Å². The molecule has 0 saturated carbocycles. The van der Waals surface area contributed by atoms with E-state index in [2.05, 4.69) is 0 Å². The summed E-state index contributed by atoms with van der Waals surface area (Å²) in [6.45, 7) is 5.30. The molecular formula is C18H18O3. The van der Waals surface area contributed by atoms with Gasteiger partial charge in [-0.25, -0.2) is 0 Å². The molecule has 1 aliphatic rings. The predicted molar refractivity (Wildman–Crippen MR) is 80.4 cm³/mol. The first-order valence-corrected chi connectivity index (χ1v) is 7.10. The largest absolute Gasteiger partial charge is 0.346 e. The van der Waals surface area contributed by atoms with Crippen LogP contribution in [0.25, 0.3) is 0 Å². The molecule has 108 valence electrons. The Labute approximate surface area is 124 Å². The minimum Gasteiger partial charge on any atom is -0.346 e. The molecule has 2 aromatic carbocycles. The lowest BCUT2D eigenvalue weighted by molar-refractivity contribution is -0.0441. The van der Waals surface area contributed by atoms with Crippen LogP contribution in [0.4, 0.5) is 0 Å². The number of ketones is 1. The van der Waals surface area contributed by atoms with Crippen LogP contribution in [0, 0.1) is 13.8 Å². The fourth-order valence-corrected chi connectivity index (χ4v) is 2.39. The SMILES string of the molecule is Cc1ccc(C(=O)c2ccc(C3OCCO3)cc2)cc1C. The number of ether oxygens (including phenoxy) is 2. The molecule has 0 unspecified atom stereocenters. The van der Waals surface area contributed by atoms with Crippen LogP contribution in [0.2, 0.25) is 0 Å². The number of aryl methyl sites for hydroxylation is 2. The summed E-state index contributed by atoms with van der Waals surface area (Å²) in [6, 6.07) is 13.2. The lowest BCUT2D eigenvalue weighted by Gasteiger charge is -2.10. The van der Waals surface area contributed by atoms with Crippen molar-refractivity contribution in [3.63, 3.8) is 0 Å². The van der Waals surface area contributed by atoms with Crippen LogP contribution in [-0.4, -0.2) is 19.0 Å². The number of benzene rings is 2. The molecule has 1 aliphatic heterocycles. The molecule has 0 amide bonds. The standard InChI is InChI=1S/C18H18O3/c1-12-3-4-16(11-13(12)2)17(19)14-5-7-15(8-6-14)18-20-9-10-21-18/h3-8,11,18H,9-10H2,1-2H3. The van der Waals surface area contributed by atoms with Crippen LogP contribution in [0.1, 0.15) is 38.9 Å². The fraction of sp³-hybridized carbons (Fsp3) is 0.278. The van der Waals surface area contributed by atoms with Crippen molar-refractivity contribution >= 4 is 5.78 Å². The molecule has 21 heavy (non-hydrogen) atoms. The highest BCUT2D eigenvalue weighted by Crippen LogP contribution is 2.24. The molecule has 0 atom stereocenters. The van der Waals surface area contributed by atoms with E-state index in [0.29, 0.717) is 18.8 Å². The third kappa shape index (κ3) is 2.89. The summed E-state index contributed by atoms with van der Waals surface area (Å²) < 4.78 is 10.9. The van der Waals surface area contributed by atoms with Gasteiger partial charge in [-0.3, -0.25) is 4.79 Å². The van der Waals surface area contributed by atoms with Crippen LogP contribution in [0.5, 0.6) is 0 Å². The van der Waals surface area contributed by atoms with E-state index in [1.807, 2.05) is 56.3 Å². The summed E-state index contributed by atoms with van der Waals surface area (Å²) in [6.07, 6.45) is -0.296. The maximum absolute atomic E-state index is 12.5. The Morgan fingerprint density at radius 3 is 2.14 bits per heavy atom. The van der Waals surface area contributed by atoms with Gasteiger partial charge in [-0.05, 0) is 31.0 Å². The summed E-state index contributed by atoms with van der Waals surface area (Å²) in [5.41, 5.74) is 4.67. The number of rotatable bonds is 3. The van der Waals surface area contributed by atoms with Crippen molar-refractivity contribution in [1.82, 2.24) is 0 Å². The number of carbonyl (C=O) groups is 1. The maximum atomic E-state index is 12.5. The molecule has 1 saturated heterocycles. The van der Waals surface area contributed by atoms with Gasteiger partial charge >= 0.3 is 0 Å². The fourth-order valence-electron chi connectivity index (χ4n) is 2.39. The van der Waals surface area contributed by atoms with Gasteiger partial charge in [0, 0.05) is 16.7 Å². The summed E-state index contributed by atoms with van der Waals surface area (Å²) in [5.74, 6) is 0.0397. The van der Waals surface area contributed by atoms with Gasteiger partial charge in [-0.1, -0.05) is 36.4 Å². The Bertz CT molecular complexity index is 653. The van der Waals surface area contributed by atoms with Crippen LogP contribution < -0.4 is 0 Å². The van der Waals surface area contributed by atoms with Crippen molar-refractivity contribution < 1.29 is 14.3 Å². The molecule has 0 radical (unpaired) electrons. The van der Waals surface area contributed by atoms with E-state index in [1.165, 1.54) is 5.56 Å². The molecule has 3 rings (SSSR count). The molecule has 0 aliphatic carbocycles. The van der Waals surface area contributed by atoms with Gasteiger partial charge in [0.2, 0.25) is 0 Å². The lowest BCUT2D eigenvalue weighted by atomic mass is 9.98. The molecule has 0 N–H and O–H groups in total. The second-order valence-corrected chi connectivity index (χ2v) is 5.32. The van der Waals surface area contributed by atoms with Gasteiger partial charge in [0.15, 0.2) is 12.1 Å². The number of hydrogen-bond donors (Lipinski definition) is 0. The number of hydrogen-bond acceptors (Lipinski definition) is 3. The lowest BCUT2D eigenvalue weighted by Crippen LogP contribution is -2.03. The van der Waals surface area contributed by atoms with E-state index >= 15 is 0 Å². The second-order valence-electron chi connectivity index (χ2n) is 5.32. The van der Waals surface area contributed by atoms with Crippen molar-refractivity contribution in [2.45, 2.75) is 20.1 Å². The molecule has 1 fully saturated rings. The zero-order chi connectivity index (χ0) is 14.8. The number of carbonyl (C=O) groups excluding carboxylic acids is 1. The van der Waals surface area contributed by atoms with E-state index < -0.39 is 0 Å². The first kappa shape index (κ1) is 14.0. The normalized spacial score (nSPS) is 15.3. The molecule has 2 aromatic rings. The van der Waals surface area contributed by atoms with Gasteiger partial charge in [0.25, 0.3) is 0 Å². The Morgan fingerprint density at radius 2 is 1.52 bits per heavy atom. The van der Waals surface area contributed by atoms with Crippen LogP contribution in [-0.2, 0) is 9.47 Å². The summed E-state index contributed by atoms with van der Waals surface area (Å²) in [5, 5.41) is 0.